The minimum Gasteiger partial charge on any atom is -0.399 e. The first kappa shape index (κ1) is 23.5. The van der Waals surface area contributed by atoms with Crippen molar-refractivity contribution in [3.63, 3.8) is 0 Å². The lowest BCUT2D eigenvalue weighted by molar-refractivity contribution is -0.131. The van der Waals surface area contributed by atoms with E-state index in [9.17, 15) is 9.59 Å². The molecule has 2 aliphatic heterocycles. The van der Waals surface area contributed by atoms with E-state index in [1.165, 1.54) is 0 Å². The molecule has 0 bridgehead atoms. The van der Waals surface area contributed by atoms with Gasteiger partial charge in [-0.15, -0.1) is 24.8 Å². The molecule has 0 spiro atoms. The number of hydrogen-bond donors (Lipinski definition) is 1. The maximum atomic E-state index is 12.5. The van der Waals surface area contributed by atoms with Crippen molar-refractivity contribution in [1.29, 1.82) is 0 Å². The number of carbonyl (C=O) groups excluding carboxylic acids is 2. The number of nitrogen functional groups attached to an aromatic ring is 1. The van der Waals surface area contributed by atoms with Crippen molar-refractivity contribution >= 4 is 42.3 Å². The molecule has 0 unspecified atom stereocenters. The molecular formula is C19H30Cl2N4O2. The Morgan fingerprint density at radius 3 is 2.04 bits per heavy atom. The highest BCUT2D eigenvalue weighted by Crippen LogP contribution is 2.11. The average molecular weight is 417 g/mol. The van der Waals surface area contributed by atoms with Crippen LogP contribution in [0.25, 0.3) is 0 Å². The average Bonchev–Trinajstić information content (AvgIpc) is 3.04. The van der Waals surface area contributed by atoms with Crippen molar-refractivity contribution in [1.82, 2.24) is 14.7 Å². The molecule has 3 rings (SSSR count). The van der Waals surface area contributed by atoms with Crippen molar-refractivity contribution in [3.05, 3.63) is 29.8 Å². The van der Waals surface area contributed by atoms with Crippen LogP contribution in [0.2, 0.25) is 0 Å². The van der Waals surface area contributed by atoms with Gasteiger partial charge in [-0.2, -0.15) is 0 Å². The molecule has 0 radical (unpaired) electrons. The van der Waals surface area contributed by atoms with Crippen LogP contribution in [0.3, 0.4) is 0 Å². The zero-order valence-corrected chi connectivity index (χ0v) is 17.3. The molecule has 0 aliphatic carbocycles. The van der Waals surface area contributed by atoms with Crippen molar-refractivity contribution in [3.8, 4) is 0 Å². The van der Waals surface area contributed by atoms with E-state index in [4.69, 9.17) is 5.73 Å². The van der Waals surface area contributed by atoms with Crippen LogP contribution in [0, 0.1) is 0 Å². The molecule has 6 nitrogen and oxygen atoms in total. The van der Waals surface area contributed by atoms with E-state index >= 15 is 0 Å². The number of carbonyl (C=O) groups is 2. The lowest BCUT2D eigenvalue weighted by Gasteiger charge is -2.24. The standard InChI is InChI=1S/C19H28N4O2.2ClH/c20-17-6-4-16(5-7-17)14-18(24)23-11-3-8-21(12-13-23)15-19(25)22-9-1-2-10-22;;/h4-7H,1-3,8-15,20H2;2*1H. The Kier molecular flexibility index (Phi) is 9.91. The van der Waals surface area contributed by atoms with Crippen molar-refractivity contribution < 1.29 is 9.59 Å². The molecule has 2 heterocycles. The first-order valence-corrected chi connectivity index (χ1v) is 9.24. The van der Waals surface area contributed by atoms with Crippen LogP contribution >= 0.6 is 24.8 Å². The van der Waals surface area contributed by atoms with Crippen LogP contribution < -0.4 is 5.73 Å². The van der Waals surface area contributed by atoms with Gasteiger partial charge < -0.3 is 15.5 Å². The van der Waals surface area contributed by atoms with E-state index in [1.54, 1.807) is 0 Å². The second-order valence-corrected chi connectivity index (χ2v) is 7.02. The Hall–Kier alpha value is -1.50. The van der Waals surface area contributed by atoms with Gasteiger partial charge in [0.05, 0.1) is 13.0 Å². The van der Waals surface area contributed by atoms with Crippen molar-refractivity contribution in [2.75, 3.05) is 51.5 Å². The fraction of sp³-hybridized carbons (Fsp3) is 0.579. The molecule has 2 fully saturated rings. The fourth-order valence-corrected chi connectivity index (χ4v) is 3.56. The summed E-state index contributed by atoms with van der Waals surface area (Å²) in [5.74, 6) is 0.386. The Balaban J connectivity index is 0.00000182. The minimum absolute atomic E-state index is 0. The van der Waals surface area contributed by atoms with Crippen LogP contribution in [0.5, 0.6) is 0 Å². The van der Waals surface area contributed by atoms with Gasteiger partial charge in [-0.25, -0.2) is 0 Å². The summed E-state index contributed by atoms with van der Waals surface area (Å²) in [5.41, 5.74) is 7.39. The summed E-state index contributed by atoms with van der Waals surface area (Å²) in [6.07, 6.45) is 3.58. The monoisotopic (exact) mass is 416 g/mol. The lowest BCUT2D eigenvalue weighted by atomic mass is 10.1. The number of amides is 2. The summed E-state index contributed by atoms with van der Waals surface area (Å²) >= 11 is 0. The second kappa shape index (κ2) is 11.4. The van der Waals surface area contributed by atoms with Gasteiger partial charge in [-0.3, -0.25) is 14.5 Å². The molecule has 2 amide bonds. The quantitative estimate of drug-likeness (QED) is 0.759. The molecule has 2 N–H and O–H groups in total. The third-order valence-corrected chi connectivity index (χ3v) is 5.09. The van der Waals surface area contributed by atoms with Gasteiger partial charge in [0.1, 0.15) is 0 Å². The molecule has 2 aliphatic rings. The smallest absolute Gasteiger partial charge is 0.236 e. The maximum absolute atomic E-state index is 12.5. The molecule has 8 heteroatoms. The zero-order valence-electron chi connectivity index (χ0n) is 15.6. The van der Waals surface area contributed by atoms with Gasteiger partial charge in [0, 0.05) is 45.0 Å². The number of hydrogen-bond acceptors (Lipinski definition) is 4. The molecule has 0 aromatic heterocycles. The Bertz CT molecular complexity index is 606. The van der Waals surface area contributed by atoms with E-state index in [1.807, 2.05) is 34.1 Å². The maximum Gasteiger partial charge on any atom is 0.236 e. The predicted octanol–water partition coefficient (Wildman–Crippen LogP) is 1.81. The fourth-order valence-electron chi connectivity index (χ4n) is 3.56. The van der Waals surface area contributed by atoms with Crippen LogP contribution in [-0.2, 0) is 16.0 Å². The SMILES string of the molecule is Cl.Cl.Nc1ccc(CC(=O)N2CCCN(CC(=O)N3CCCC3)CC2)cc1. The van der Waals surface area contributed by atoms with Gasteiger partial charge in [-0.1, -0.05) is 12.1 Å². The molecule has 0 atom stereocenters. The minimum atomic E-state index is 0. The molecular weight excluding hydrogens is 387 g/mol. The van der Waals surface area contributed by atoms with E-state index in [0.717, 1.165) is 57.5 Å². The van der Waals surface area contributed by atoms with Crippen LogP contribution in [0.15, 0.2) is 24.3 Å². The molecule has 27 heavy (non-hydrogen) atoms. The van der Waals surface area contributed by atoms with Crippen molar-refractivity contribution in [2.24, 2.45) is 0 Å². The summed E-state index contributed by atoms with van der Waals surface area (Å²) in [4.78, 5) is 30.9. The number of benzene rings is 1. The topological polar surface area (TPSA) is 69.9 Å². The first-order chi connectivity index (χ1) is 12.1. The van der Waals surface area contributed by atoms with Gasteiger partial charge in [0.25, 0.3) is 0 Å². The molecule has 1 aromatic rings. The largest absolute Gasteiger partial charge is 0.399 e. The van der Waals surface area contributed by atoms with E-state index in [2.05, 4.69) is 4.90 Å². The number of nitrogens with two attached hydrogens (primary N) is 1. The summed E-state index contributed by atoms with van der Waals surface area (Å²) in [6.45, 7) is 5.40. The third-order valence-electron chi connectivity index (χ3n) is 5.09. The molecule has 1 aromatic carbocycles. The molecule has 152 valence electrons. The lowest BCUT2D eigenvalue weighted by Crippen LogP contribution is -2.41. The summed E-state index contributed by atoms with van der Waals surface area (Å²) in [6, 6.07) is 7.48. The van der Waals surface area contributed by atoms with Gasteiger partial charge in [0.15, 0.2) is 0 Å². The number of halogens is 2. The highest BCUT2D eigenvalue weighted by Gasteiger charge is 2.23. The predicted molar refractivity (Wildman–Crippen MR) is 113 cm³/mol. The Morgan fingerprint density at radius 1 is 0.778 bits per heavy atom. The summed E-state index contributed by atoms with van der Waals surface area (Å²) in [5, 5.41) is 0. The highest BCUT2D eigenvalue weighted by molar-refractivity contribution is 5.85. The van der Waals surface area contributed by atoms with Crippen LogP contribution in [-0.4, -0.2) is 72.3 Å². The van der Waals surface area contributed by atoms with E-state index < -0.39 is 0 Å². The van der Waals surface area contributed by atoms with Crippen molar-refractivity contribution in [2.45, 2.75) is 25.7 Å². The summed E-state index contributed by atoms with van der Waals surface area (Å²) in [7, 11) is 0. The van der Waals surface area contributed by atoms with Gasteiger partial charge >= 0.3 is 0 Å². The third kappa shape index (κ3) is 6.87. The molecule has 0 saturated carbocycles. The normalized spacial score (nSPS) is 17.6. The highest BCUT2D eigenvalue weighted by atomic mass is 35.5. The number of rotatable bonds is 4. The zero-order chi connectivity index (χ0) is 17.6. The number of nitrogens with zero attached hydrogens (tertiary/aromatic N) is 3. The summed E-state index contributed by atoms with van der Waals surface area (Å²) < 4.78 is 0. The van der Waals surface area contributed by atoms with E-state index in [-0.39, 0.29) is 36.6 Å². The van der Waals surface area contributed by atoms with E-state index in [0.29, 0.717) is 25.2 Å². The van der Waals surface area contributed by atoms with Crippen LogP contribution in [0.1, 0.15) is 24.8 Å². The van der Waals surface area contributed by atoms with Gasteiger partial charge in [0.2, 0.25) is 11.8 Å². The Morgan fingerprint density at radius 2 is 1.37 bits per heavy atom. The van der Waals surface area contributed by atoms with Gasteiger partial charge in [-0.05, 0) is 37.0 Å². The Labute approximate surface area is 173 Å². The second-order valence-electron chi connectivity index (χ2n) is 7.02. The number of anilines is 1. The molecule has 2 saturated heterocycles. The first-order valence-electron chi connectivity index (χ1n) is 9.24. The number of likely N-dealkylation sites (tertiary alicyclic amines) is 1. The van der Waals surface area contributed by atoms with Crippen LogP contribution in [0.4, 0.5) is 5.69 Å².